The van der Waals surface area contributed by atoms with E-state index >= 15 is 0 Å². The van der Waals surface area contributed by atoms with Crippen LogP contribution in [-0.2, 0) is 13.1 Å². The molecule has 1 aromatic carbocycles. The lowest BCUT2D eigenvalue weighted by molar-refractivity contribution is 0.358. The van der Waals surface area contributed by atoms with E-state index in [0.29, 0.717) is 6.61 Å². The van der Waals surface area contributed by atoms with Gasteiger partial charge < -0.3 is 10.1 Å². The molecule has 0 saturated carbocycles. The Hall–Kier alpha value is -1.65. The van der Waals surface area contributed by atoms with Gasteiger partial charge in [0, 0.05) is 29.7 Å². The van der Waals surface area contributed by atoms with E-state index in [1.807, 2.05) is 29.9 Å². The fraction of sp³-hybridized carbons (Fsp3) is 0.214. The summed E-state index contributed by atoms with van der Waals surface area (Å²) in [5, 5.41) is 3.39. The van der Waals surface area contributed by atoms with Gasteiger partial charge in [0.1, 0.15) is 12.4 Å². The molecular weight excluding hydrogens is 244 g/mol. The van der Waals surface area contributed by atoms with Crippen molar-refractivity contribution >= 4 is 11.3 Å². The minimum absolute atomic E-state index is 0.534. The van der Waals surface area contributed by atoms with Crippen molar-refractivity contribution in [1.82, 2.24) is 10.3 Å². The second-order valence-corrected chi connectivity index (χ2v) is 4.75. The highest BCUT2D eigenvalue weighted by Gasteiger charge is 2.02. The van der Waals surface area contributed by atoms with Crippen LogP contribution in [0.2, 0.25) is 0 Å². The molecule has 18 heavy (non-hydrogen) atoms. The Bertz CT molecular complexity index is 482. The molecule has 0 aliphatic heterocycles. The number of rotatable bonds is 7. The zero-order valence-electron chi connectivity index (χ0n) is 10.1. The van der Waals surface area contributed by atoms with Crippen LogP contribution in [0.5, 0.6) is 5.75 Å². The SMILES string of the molecule is C=CCOc1ccccc1CNCc1cncs1. The van der Waals surface area contributed by atoms with Crippen LogP contribution in [-0.4, -0.2) is 11.6 Å². The van der Waals surface area contributed by atoms with E-state index in [1.165, 1.54) is 4.88 Å². The molecule has 0 amide bonds. The number of aromatic nitrogens is 1. The van der Waals surface area contributed by atoms with E-state index < -0.39 is 0 Å². The highest BCUT2D eigenvalue weighted by atomic mass is 32.1. The first kappa shape index (κ1) is 12.8. The van der Waals surface area contributed by atoms with Gasteiger partial charge >= 0.3 is 0 Å². The lowest BCUT2D eigenvalue weighted by atomic mass is 10.2. The molecule has 4 heteroatoms. The number of ether oxygens (including phenoxy) is 1. The number of benzene rings is 1. The maximum atomic E-state index is 5.61. The van der Waals surface area contributed by atoms with E-state index in [9.17, 15) is 0 Å². The molecule has 0 atom stereocenters. The van der Waals surface area contributed by atoms with Crippen LogP contribution in [0.15, 0.2) is 48.6 Å². The lowest BCUT2D eigenvalue weighted by Gasteiger charge is -2.10. The number of hydrogen-bond donors (Lipinski definition) is 1. The minimum Gasteiger partial charge on any atom is -0.489 e. The Morgan fingerprint density at radius 1 is 1.33 bits per heavy atom. The fourth-order valence-corrected chi connectivity index (χ4v) is 2.15. The van der Waals surface area contributed by atoms with Crippen molar-refractivity contribution in [3.8, 4) is 5.75 Å². The summed E-state index contributed by atoms with van der Waals surface area (Å²) in [7, 11) is 0. The topological polar surface area (TPSA) is 34.1 Å². The second kappa shape index (κ2) is 6.93. The molecule has 0 radical (unpaired) electrons. The van der Waals surface area contributed by atoms with Crippen LogP contribution in [0.4, 0.5) is 0 Å². The van der Waals surface area contributed by atoms with Crippen molar-refractivity contribution in [3.05, 3.63) is 59.1 Å². The quantitative estimate of drug-likeness (QED) is 0.777. The number of nitrogens with one attached hydrogen (secondary N) is 1. The van der Waals surface area contributed by atoms with E-state index in [-0.39, 0.29) is 0 Å². The summed E-state index contributed by atoms with van der Waals surface area (Å²) in [5.41, 5.74) is 3.00. The zero-order valence-corrected chi connectivity index (χ0v) is 11.0. The van der Waals surface area contributed by atoms with E-state index in [4.69, 9.17) is 4.74 Å². The zero-order chi connectivity index (χ0) is 12.6. The van der Waals surface area contributed by atoms with Gasteiger partial charge in [-0.1, -0.05) is 30.9 Å². The van der Waals surface area contributed by atoms with Crippen molar-refractivity contribution < 1.29 is 4.74 Å². The van der Waals surface area contributed by atoms with Gasteiger partial charge in [-0.05, 0) is 6.07 Å². The average Bonchev–Trinajstić information content (AvgIpc) is 2.91. The Balaban J connectivity index is 1.89. The fourth-order valence-electron chi connectivity index (χ4n) is 1.59. The third-order valence-corrected chi connectivity index (χ3v) is 3.21. The van der Waals surface area contributed by atoms with Gasteiger partial charge in [0.2, 0.25) is 0 Å². The van der Waals surface area contributed by atoms with Crippen molar-refractivity contribution in [2.75, 3.05) is 6.61 Å². The Kier molecular flexibility index (Phi) is 4.93. The predicted molar refractivity (Wildman–Crippen MR) is 74.8 cm³/mol. The number of para-hydroxylation sites is 1. The van der Waals surface area contributed by atoms with E-state index in [0.717, 1.165) is 24.4 Å². The van der Waals surface area contributed by atoms with E-state index in [1.54, 1.807) is 17.4 Å². The normalized spacial score (nSPS) is 10.2. The highest BCUT2D eigenvalue weighted by molar-refractivity contribution is 7.09. The smallest absolute Gasteiger partial charge is 0.124 e. The molecule has 1 N–H and O–H groups in total. The maximum Gasteiger partial charge on any atom is 0.124 e. The summed E-state index contributed by atoms with van der Waals surface area (Å²) < 4.78 is 5.61. The standard InChI is InChI=1S/C14H16N2OS/c1-2-7-17-14-6-4-3-5-12(14)8-15-9-13-10-16-11-18-13/h2-6,10-11,15H,1,7-9H2. The molecule has 0 saturated heterocycles. The molecule has 2 aromatic rings. The van der Waals surface area contributed by atoms with Crippen LogP contribution in [0, 0.1) is 0 Å². The van der Waals surface area contributed by atoms with Gasteiger partial charge in [0.15, 0.2) is 0 Å². The summed E-state index contributed by atoms with van der Waals surface area (Å²) in [5.74, 6) is 0.911. The number of hydrogen-bond acceptors (Lipinski definition) is 4. The van der Waals surface area contributed by atoms with Crippen molar-refractivity contribution in [2.24, 2.45) is 0 Å². The molecule has 3 nitrogen and oxygen atoms in total. The van der Waals surface area contributed by atoms with E-state index in [2.05, 4.69) is 22.9 Å². The highest BCUT2D eigenvalue weighted by Crippen LogP contribution is 2.18. The third-order valence-electron chi connectivity index (χ3n) is 2.43. The van der Waals surface area contributed by atoms with Crippen molar-refractivity contribution in [3.63, 3.8) is 0 Å². The van der Waals surface area contributed by atoms with Crippen LogP contribution < -0.4 is 10.1 Å². The Labute approximate surface area is 111 Å². The summed E-state index contributed by atoms with van der Waals surface area (Å²) in [6, 6.07) is 8.04. The lowest BCUT2D eigenvalue weighted by Crippen LogP contribution is -2.12. The van der Waals surface area contributed by atoms with Gasteiger partial charge in [-0.2, -0.15) is 0 Å². The number of thiazole rings is 1. The summed E-state index contributed by atoms with van der Waals surface area (Å²) >= 11 is 1.66. The van der Waals surface area contributed by atoms with Gasteiger partial charge in [0.25, 0.3) is 0 Å². The van der Waals surface area contributed by atoms with Crippen LogP contribution >= 0.6 is 11.3 Å². The molecule has 1 heterocycles. The third kappa shape index (κ3) is 3.68. The van der Waals surface area contributed by atoms with Crippen molar-refractivity contribution in [1.29, 1.82) is 0 Å². The van der Waals surface area contributed by atoms with Crippen LogP contribution in [0.25, 0.3) is 0 Å². The van der Waals surface area contributed by atoms with Crippen LogP contribution in [0.3, 0.4) is 0 Å². The summed E-state index contributed by atoms with van der Waals surface area (Å²) in [6.07, 6.45) is 3.64. The molecule has 0 unspecified atom stereocenters. The van der Waals surface area contributed by atoms with Gasteiger partial charge in [-0.25, -0.2) is 0 Å². The Morgan fingerprint density at radius 2 is 2.22 bits per heavy atom. The monoisotopic (exact) mass is 260 g/mol. The minimum atomic E-state index is 0.534. The molecule has 0 fully saturated rings. The first-order valence-corrected chi connectivity index (χ1v) is 6.68. The second-order valence-electron chi connectivity index (χ2n) is 3.78. The van der Waals surface area contributed by atoms with Gasteiger partial charge in [-0.3, -0.25) is 4.98 Å². The molecule has 2 rings (SSSR count). The summed E-state index contributed by atoms with van der Waals surface area (Å²) in [4.78, 5) is 5.28. The Morgan fingerprint density at radius 3 is 3.00 bits per heavy atom. The predicted octanol–water partition coefficient (Wildman–Crippen LogP) is 3.00. The molecule has 0 aliphatic carbocycles. The molecule has 0 aliphatic rings. The molecule has 1 aromatic heterocycles. The number of nitrogens with zero attached hydrogens (tertiary/aromatic N) is 1. The van der Waals surface area contributed by atoms with Crippen molar-refractivity contribution in [2.45, 2.75) is 13.1 Å². The largest absolute Gasteiger partial charge is 0.489 e. The average molecular weight is 260 g/mol. The van der Waals surface area contributed by atoms with Gasteiger partial charge in [0.05, 0.1) is 5.51 Å². The van der Waals surface area contributed by atoms with Gasteiger partial charge in [-0.15, -0.1) is 11.3 Å². The molecular formula is C14H16N2OS. The molecule has 0 spiro atoms. The first-order valence-electron chi connectivity index (χ1n) is 5.80. The first-order chi connectivity index (χ1) is 8.90. The van der Waals surface area contributed by atoms with Crippen LogP contribution in [0.1, 0.15) is 10.4 Å². The summed E-state index contributed by atoms with van der Waals surface area (Å²) in [6.45, 7) is 5.81. The molecule has 0 bridgehead atoms. The maximum absolute atomic E-state index is 5.61. The molecule has 94 valence electrons.